The fourth-order valence-corrected chi connectivity index (χ4v) is 3.09. The molecule has 1 aliphatic heterocycles. The first-order valence-electron chi connectivity index (χ1n) is 9.50. The van der Waals surface area contributed by atoms with E-state index < -0.39 is 5.54 Å². The number of benzene rings is 2. The summed E-state index contributed by atoms with van der Waals surface area (Å²) in [5, 5.41) is 7.00. The van der Waals surface area contributed by atoms with Crippen molar-refractivity contribution in [2.45, 2.75) is 45.4 Å². The molecule has 1 atom stereocenters. The fraction of sp³-hybridized carbons (Fsp3) is 0.364. The van der Waals surface area contributed by atoms with Gasteiger partial charge in [-0.1, -0.05) is 29.4 Å². The van der Waals surface area contributed by atoms with Crippen LogP contribution in [0.5, 0.6) is 0 Å². The molecule has 0 saturated heterocycles. The molecule has 0 aliphatic carbocycles. The standard InChI is InChI=1S/C22H25F2N3O2/c1-22(2,3)25-21(28)27(13-15-6-4-8-17(23)10-15)14-19-12-20(26-29-19)16-7-5-9-18(24)11-16/h4-11,19H,12-14H2,1-3H3,(H,25,28)/t19-/m1/s1. The van der Waals surface area contributed by atoms with Gasteiger partial charge in [-0.25, -0.2) is 13.6 Å². The minimum absolute atomic E-state index is 0.231. The van der Waals surface area contributed by atoms with Gasteiger partial charge in [0, 0.05) is 24.1 Å². The van der Waals surface area contributed by atoms with Crippen molar-refractivity contribution in [3.8, 4) is 0 Å². The van der Waals surface area contributed by atoms with E-state index in [9.17, 15) is 13.6 Å². The van der Waals surface area contributed by atoms with Crippen LogP contribution in [-0.2, 0) is 11.4 Å². The molecule has 1 aliphatic rings. The maximum absolute atomic E-state index is 13.6. The summed E-state index contributed by atoms with van der Waals surface area (Å²) in [5.41, 5.74) is 1.55. The van der Waals surface area contributed by atoms with E-state index in [2.05, 4.69) is 10.5 Å². The first-order chi connectivity index (χ1) is 13.7. The summed E-state index contributed by atoms with van der Waals surface area (Å²) in [7, 11) is 0. The van der Waals surface area contributed by atoms with Crippen molar-refractivity contribution >= 4 is 11.7 Å². The molecule has 0 aromatic heterocycles. The third-order valence-corrected chi connectivity index (χ3v) is 4.35. The van der Waals surface area contributed by atoms with Crippen molar-refractivity contribution in [3.63, 3.8) is 0 Å². The lowest BCUT2D eigenvalue weighted by atomic mass is 10.0. The number of oxime groups is 1. The largest absolute Gasteiger partial charge is 0.390 e. The van der Waals surface area contributed by atoms with Crippen LogP contribution < -0.4 is 5.32 Å². The Balaban J connectivity index is 1.70. The molecule has 29 heavy (non-hydrogen) atoms. The molecule has 2 aromatic carbocycles. The molecule has 154 valence electrons. The van der Waals surface area contributed by atoms with Crippen molar-refractivity contribution in [2.24, 2.45) is 5.16 Å². The molecule has 2 amide bonds. The van der Waals surface area contributed by atoms with Crippen molar-refractivity contribution in [1.29, 1.82) is 0 Å². The van der Waals surface area contributed by atoms with Crippen molar-refractivity contribution in [1.82, 2.24) is 10.2 Å². The summed E-state index contributed by atoms with van der Waals surface area (Å²) < 4.78 is 27.1. The van der Waals surface area contributed by atoms with E-state index in [0.29, 0.717) is 23.3 Å². The molecule has 0 radical (unpaired) electrons. The van der Waals surface area contributed by atoms with Crippen LogP contribution in [0.2, 0.25) is 0 Å². The molecule has 1 N–H and O–H groups in total. The zero-order valence-electron chi connectivity index (χ0n) is 16.8. The van der Waals surface area contributed by atoms with Crippen LogP contribution in [0.1, 0.15) is 38.3 Å². The van der Waals surface area contributed by atoms with Gasteiger partial charge < -0.3 is 15.1 Å². The van der Waals surface area contributed by atoms with E-state index >= 15 is 0 Å². The highest BCUT2D eigenvalue weighted by atomic mass is 19.1. The van der Waals surface area contributed by atoms with Crippen molar-refractivity contribution in [2.75, 3.05) is 6.54 Å². The highest BCUT2D eigenvalue weighted by molar-refractivity contribution is 6.01. The van der Waals surface area contributed by atoms with Gasteiger partial charge in [0.1, 0.15) is 11.6 Å². The second-order valence-corrected chi connectivity index (χ2v) is 8.17. The normalized spacial score (nSPS) is 16.2. The third-order valence-electron chi connectivity index (χ3n) is 4.35. The molecule has 0 fully saturated rings. The van der Waals surface area contributed by atoms with Gasteiger partial charge in [-0.05, 0) is 50.6 Å². The SMILES string of the molecule is CC(C)(C)NC(=O)N(Cc1cccc(F)c1)C[C@H]1CC(c2cccc(F)c2)=NO1. The van der Waals surface area contributed by atoms with Gasteiger partial charge in [0.05, 0.1) is 12.3 Å². The minimum Gasteiger partial charge on any atom is -0.390 e. The van der Waals surface area contributed by atoms with Gasteiger partial charge in [-0.3, -0.25) is 0 Å². The van der Waals surface area contributed by atoms with E-state index in [4.69, 9.17) is 4.84 Å². The number of rotatable bonds is 5. The zero-order chi connectivity index (χ0) is 21.0. The summed E-state index contributed by atoms with van der Waals surface area (Å²) in [6, 6.07) is 12.0. The fourth-order valence-electron chi connectivity index (χ4n) is 3.09. The number of amides is 2. The van der Waals surface area contributed by atoms with E-state index in [-0.39, 0.29) is 36.9 Å². The predicted molar refractivity (Wildman–Crippen MR) is 108 cm³/mol. The lowest BCUT2D eigenvalue weighted by molar-refractivity contribution is 0.0580. The maximum Gasteiger partial charge on any atom is 0.318 e. The maximum atomic E-state index is 13.6. The van der Waals surface area contributed by atoms with Crippen LogP contribution in [0.25, 0.3) is 0 Å². The Morgan fingerprint density at radius 2 is 1.86 bits per heavy atom. The number of nitrogens with zero attached hydrogens (tertiary/aromatic N) is 2. The number of urea groups is 1. The van der Waals surface area contributed by atoms with Gasteiger partial charge >= 0.3 is 6.03 Å². The Kier molecular flexibility index (Phi) is 6.15. The molecule has 1 heterocycles. The number of carbonyl (C=O) groups is 1. The van der Waals surface area contributed by atoms with E-state index in [1.54, 1.807) is 29.2 Å². The van der Waals surface area contributed by atoms with Crippen LogP contribution in [0.15, 0.2) is 53.7 Å². The summed E-state index contributed by atoms with van der Waals surface area (Å²) in [4.78, 5) is 19.9. The molecule has 3 rings (SSSR count). The first-order valence-corrected chi connectivity index (χ1v) is 9.50. The van der Waals surface area contributed by atoms with Gasteiger partial charge in [-0.15, -0.1) is 0 Å². The molecular formula is C22H25F2N3O2. The summed E-state index contributed by atoms with van der Waals surface area (Å²) in [6.45, 7) is 6.17. The zero-order valence-corrected chi connectivity index (χ0v) is 16.8. The first kappa shape index (κ1) is 20.8. The Bertz CT molecular complexity index is 909. The highest BCUT2D eigenvalue weighted by Crippen LogP contribution is 2.20. The van der Waals surface area contributed by atoms with Gasteiger partial charge in [0.25, 0.3) is 0 Å². The lowest BCUT2D eigenvalue weighted by Crippen LogP contribution is -2.50. The molecule has 0 spiro atoms. The van der Waals surface area contributed by atoms with Gasteiger partial charge in [-0.2, -0.15) is 0 Å². The van der Waals surface area contributed by atoms with Crippen LogP contribution >= 0.6 is 0 Å². The number of nitrogens with one attached hydrogen (secondary N) is 1. The molecule has 7 heteroatoms. The van der Waals surface area contributed by atoms with E-state index in [0.717, 1.165) is 0 Å². The molecule has 0 unspecified atom stereocenters. The summed E-state index contributed by atoms with van der Waals surface area (Å²) in [5.74, 6) is -0.696. The van der Waals surface area contributed by atoms with Crippen molar-refractivity contribution in [3.05, 3.63) is 71.3 Å². The molecule has 0 bridgehead atoms. The summed E-state index contributed by atoms with van der Waals surface area (Å²) >= 11 is 0. The molecule has 0 saturated carbocycles. The minimum atomic E-state index is -0.420. The Morgan fingerprint density at radius 3 is 2.52 bits per heavy atom. The monoisotopic (exact) mass is 401 g/mol. The summed E-state index contributed by atoms with van der Waals surface area (Å²) in [6.07, 6.45) is 0.0823. The average molecular weight is 401 g/mol. The number of hydrogen-bond donors (Lipinski definition) is 1. The van der Waals surface area contributed by atoms with Crippen LogP contribution in [0, 0.1) is 11.6 Å². The molecule has 5 nitrogen and oxygen atoms in total. The number of hydrogen-bond acceptors (Lipinski definition) is 3. The highest BCUT2D eigenvalue weighted by Gasteiger charge is 2.28. The second-order valence-electron chi connectivity index (χ2n) is 8.17. The second kappa shape index (κ2) is 8.59. The topological polar surface area (TPSA) is 53.9 Å². The van der Waals surface area contributed by atoms with Crippen molar-refractivity contribution < 1.29 is 18.4 Å². The Morgan fingerprint density at radius 1 is 1.17 bits per heavy atom. The molecule has 2 aromatic rings. The average Bonchev–Trinajstić information content (AvgIpc) is 3.08. The number of halogens is 2. The quantitative estimate of drug-likeness (QED) is 0.804. The predicted octanol–water partition coefficient (Wildman–Crippen LogP) is 4.47. The van der Waals surface area contributed by atoms with E-state index in [1.807, 2.05) is 20.8 Å². The Hall–Kier alpha value is -2.96. The van der Waals surface area contributed by atoms with Crippen LogP contribution in [-0.4, -0.2) is 34.8 Å². The number of carbonyl (C=O) groups excluding carboxylic acids is 1. The van der Waals surface area contributed by atoms with E-state index in [1.165, 1.54) is 24.3 Å². The Labute approximate surface area is 169 Å². The van der Waals surface area contributed by atoms with Gasteiger partial charge in [0.15, 0.2) is 6.10 Å². The third kappa shape index (κ3) is 6.01. The smallest absolute Gasteiger partial charge is 0.318 e. The van der Waals surface area contributed by atoms with Gasteiger partial charge in [0.2, 0.25) is 0 Å². The lowest BCUT2D eigenvalue weighted by Gasteiger charge is -2.29. The van der Waals surface area contributed by atoms with Crippen LogP contribution in [0.3, 0.4) is 0 Å². The van der Waals surface area contributed by atoms with Crippen LogP contribution in [0.4, 0.5) is 13.6 Å². The molecular weight excluding hydrogens is 376 g/mol.